The predicted molar refractivity (Wildman–Crippen MR) is 58.6 cm³/mol. The van der Waals surface area contributed by atoms with Gasteiger partial charge in [-0.05, 0) is 0 Å². The Morgan fingerprint density at radius 2 is 1.60 bits per heavy atom. The molecule has 0 unspecified atom stereocenters. The normalized spacial score (nSPS) is 9.47. The van der Waals surface area contributed by atoms with Gasteiger partial charge in [0, 0.05) is 26.6 Å². The average molecular weight is 221 g/mol. The quantitative estimate of drug-likeness (QED) is 0.586. The van der Waals surface area contributed by atoms with Gasteiger partial charge in [-0.15, -0.1) is 0 Å². The number of aliphatic hydroxyl groups excluding tert-OH is 2. The van der Waals surface area contributed by atoms with Gasteiger partial charge in [0.05, 0.1) is 13.2 Å². The van der Waals surface area contributed by atoms with E-state index in [1.807, 2.05) is 18.7 Å². The SMILES string of the molecule is CC.CC(=O)OCCN(CCO)CCO. The molecule has 0 aliphatic carbocycles. The molecule has 2 N–H and O–H groups in total. The van der Waals surface area contributed by atoms with Crippen molar-refractivity contribution in [2.24, 2.45) is 0 Å². The second kappa shape index (κ2) is 13.4. The van der Waals surface area contributed by atoms with Crippen LogP contribution in [0.5, 0.6) is 0 Å². The van der Waals surface area contributed by atoms with E-state index in [9.17, 15) is 4.79 Å². The summed E-state index contributed by atoms with van der Waals surface area (Å²) in [7, 11) is 0. The first-order chi connectivity index (χ1) is 7.20. The molecule has 0 saturated heterocycles. The Hall–Kier alpha value is -0.650. The van der Waals surface area contributed by atoms with Gasteiger partial charge in [0.2, 0.25) is 0 Å². The summed E-state index contributed by atoms with van der Waals surface area (Å²) < 4.78 is 4.72. The number of carbonyl (C=O) groups excluding carboxylic acids is 1. The lowest BCUT2D eigenvalue weighted by atomic mass is 10.4. The minimum Gasteiger partial charge on any atom is -0.465 e. The standard InChI is InChI=1S/C8H17NO4.C2H6/c1-8(12)13-7-4-9(2-5-10)3-6-11;1-2/h10-11H,2-7H2,1H3;1-2H3. The van der Waals surface area contributed by atoms with Crippen molar-refractivity contribution in [2.45, 2.75) is 20.8 Å². The number of rotatable bonds is 7. The van der Waals surface area contributed by atoms with E-state index in [2.05, 4.69) is 0 Å². The van der Waals surface area contributed by atoms with Crippen LogP contribution >= 0.6 is 0 Å². The van der Waals surface area contributed by atoms with Gasteiger partial charge in [-0.3, -0.25) is 9.69 Å². The minimum absolute atomic E-state index is 0.0417. The molecule has 0 aromatic carbocycles. The summed E-state index contributed by atoms with van der Waals surface area (Å²) in [6, 6.07) is 0. The van der Waals surface area contributed by atoms with E-state index in [0.717, 1.165) is 0 Å². The summed E-state index contributed by atoms with van der Waals surface area (Å²) in [5.41, 5.74) is 0. The van der Waals surface area contributed by atoms with Crippen LogP contribution in [0.2, 0.25) is 0 Å². The van der Waals surface area contributed by atoms with Crippen LogP contribution in [0, 0.1) is 0 Å². The first-order valence-corrected chi connectivity index (χ1v) is 5.28. The maximum absolute atomic E-state index is 10.4. The molecule has 0 atom stereocenters. The zero-order valence-electron chi connectivity index (χ0n) is 9.90. The van der Waals surface area contributed by atoms with Gasteiger partial charge in [0.1, 0.15) is 6.61 Å². The second-order valence-electron chi connectivity index (χ2n) is 2.63. The van der Waals surface area contributed by atoms with Crippen molar-refractivity contribution in [3.63, 3.8) is 0 Å². The number of carbonyl (C=O) groups is 1. The molecule has 0 fully saturated rings. The minimum atomic E-state index is -0.312. The third kappa shape index (κ3) is 13.3. The van der Waals surface area contributed by atoms with Crippen molar-refractivity contribution >= 4 is 5.97 Å². The van der Waals surface area contributed by atoms with Crippen LogP contribution in [0.4, 0.5) is 0 Å². The monoisotopic (exact) mass is 221 g/mol. The lowest BCUT2D eigenvalue weighted by Crippen LogP contribution is -2.33. The Bertz CT molecular complexity index is 135. The summed E-state index contributed by atoms with van der Waals surface area (Å²) in [5, 5.41) is 17.3. The Labute approximate surface area is 91.7 Å². The highest BCUT2D eigenvalue weighted by Crippen LogP contribution is 1.87. The topological polar surface area (TPSA) is 70.0 Å². The lowest BCUT2D eigenvalue weighted by molar-refractivity contribution is -0.141. The number of esters is 1. The van der Waals surface area contributed by atoms with Crippen molar-refractivity contribution in [3.05, 3.63) is 0 Å². The summed E-state index contributed by atoms with van der Waals surface area (Å²) in [6.07, 6.45) is 0. The maximum atomic E-state index is 10.4. The first-order valence-electron chi connectivity index (χ1n) is 5.28. The Kier molecular flexibility index (Phi) is 14.9. The average Bonchev–Trinajstić information content (AvgIpc) is 2.21. The molecule has 92 valence electrons. The molecule has 15 heavy (non-hydrogen) atoms. The van der Waals surface area contributed by atoms with Gasteiger partial charge in [-0.2, -0.15) is 0 Å². The van der Waals surface area contributed by atoms with Gasteiger partial charge < -0.3 is 14.9 Å². The van der Waals surface area contributed by atoms with Crippen molar-refractivity contribution in [1.29, 1.82) is 0 Å². The number of ether oxygens (including phenoxy) is 1. The number of hydrogen-bond donors (Lipinski definition) is 2. The molecular weight excluding hydrogens is 198 g/mol. The van der Waals surface area contributed by atoms with Crippen LogP contribution in [-0.4, -0.2) is 60.5 Å². The fraction of sp³-hybridized carbons (Fsp3) is 0.900. The number of nitrogens with zero attached hydrogens (tertiary/aromatic N) is 1. The molecular formula is C10H23NO4. The highest BCUT2D eigenvalue weighted by atomic mass is 16.5. The van der Waals surface area contributed by atoms with Crippen LogP contribution < -0.4 is 0 Å². The third-order valence-corrected chi connectivity index (χ3v) is 1.55. The van der Waals surface area contributed by atoms with E-state index in [0.29, 0.717) is 26.2 Å². The highest BCUT2D eigenvalue weighted by molar-refractivity contribution is 5.65. The maximum Gasteiger partial charge on any atom is 0.302 e. The Morgan fingerprint density at radius 3 is 1.93 bits per heavy atom. The smallest absolute Gasteiger partial charge is 0.302 e. The van der Waals surface area contributed by atoms with E-state index in [-0.39, 0.29) is 19.2 Å². The fourth-order valence-corrected chi connectivity index (χ4v) is 0.937. The van der Waals surface area contributed by atoms with Gasteiger partial charge in [-0.1, -0.05) is 13.8 Å². The lowest BCUT2D eigenvalue weighted by Gasteiger charge is -2.19. The summed E-state index contributed by atoms with van der Waals surface area (Å²) in [4.78, 5) is 12.2. The van der Waals surface area contributed by atoms with E-state index in [1.54, 1.807) is 0 Å². The molecule has 0 aliphatic rings. The van der Waals surface area contributed by atoms with Gasteiger partial charge in [-0.25, -0.2) is 0 Å². The van der Waals surface area contributed by atoms with Crippen LogP contribution in [-0.2, 0) is 9.53 Å². The first kappa shape index (κ1) is 16.8. The molecule has 0 amide bonds. The van der Waals surface area contributed by atoms with Crippen molar-refractivity contribution in [3.8, 4) is 0 Å². The molecule has 5 nitrogen and oxygen atoms in total. The van der Waals surface area contributed by atoms with Gasteiger partial charge in [0.25, 0.3) is 0 Å². The fourth-order valence-electron chi connectivity index (χ4n) is 0.937. The second-order valence-corrected chi connectivity index (χ2v) is 2.63. The van der Waals surface area contributed by atoms with Crippen molar-refractivity contribution in [1.82, 2.24) is 4.90 Å². The summed E-state index contributed by atoms with van der Waals surface area (Å²) in [5.74, 6) is -0.312. The predicted octanol–water partition coefficient (Wildman–Crippen LogP) is -0.138. The molecule has 0 rings (SSSR count). The molecule has 0 spiro atoms. The number of aliphatic hydroxyl groups is 2. The summed E-state index contributed by atoms with van der Waals surface area (Å²) in [6.45, 7) is 7.25. The zero-order chi connectivity index (χ0) is 12.1. The van der Waals surface area contributed by atoms with E-state index >= 15 is 0 Å². The molecule has 5 heteroatoms. The number of hydrogen-bond acceptors (Lipinski definition) is 5. The van der Waals surface area contributed by atoms with Crippen LogP contribution in [0.1, 0.15) is 20.8 Å². The van der Waals surface area contributed by atoms with Crippen molar-refractivity contribution < 1.29 is 19.7 Å². The van der Waals surface area contributed by atoms with Gasteiger partial charge in [0.15, 0.2) is 0 Å². The molecule has 0 heterocycles. The molecule has 0 aliphatic heterocycles. The van der Waals surface area contributed by atoms with Gasteiger partial charge >= 0.3 is 5.97 Å². The molecule has 0 saturated carbocycles. The van der Waals surface area contributed by atoms with E-state index < -0.39 is 0 Å². The van der Waals surface area contributed by atoms with E-state index in [4.69, 9.17) is 14.9 Å². The molecule has 0 aromatic rings. The van der Waals surface area contributed by atoms with Crippen LogP contribution in [0.25, 0.3) is 0 Å². The van der Waals surface area contributed by atoms with Crippen LogP contribution in [0.15, 0.2) is 0 Å². The molecule has 0 bridgehead atoms. The molecule has 0 aromatic heterocycles. The third-order valence-electron chi connectivity index (χ3n) is 1.55. The largest absolute Gasteiger partial charge is 0.465 e. The Morgan fingerprint density at radius 1 is 1.13 bits per heavy atom. The van der Waals surface area contributed by atoms with Crippen LogP contribution in [0.3, 0.4) is 0 Å². The van der Waals surface area contributed by atoms with E-state index in [1.165, 1.54) is 6.92 Å². The zero-order valence-corrected chi connectivity index (χ0v) is 9.90. The molecule has 0 radical (unpaired) electrons. The van der Waals surface area contributed by atoms with Crippen molar-refractivity contribution in [2.75, 3.05) is 39.5 Å². The Balaban J connectivity index is 0. The summed E-state index contributed by atoms with van der Waals surface area (Å²) >= 11 is 0. The highest BCUT2D eigenvalue weighted by Gasteiger charge is 2.03.